The monoisotopic (exact) mass is 270 g/mol. The van der Waals surface area contributed by atoms with Gasteiger partial charge in [-0.3, -0.25) is 4.55 Å². The van der Waals surface area contributed by atoms with Gasteiger partial charge in [0.1, 0.15) is 0 Å². The zero-order valence-electron chi connectivity index (χ0n) is 11.1. The zero-order chi connectivity index (χ0) is 13.6. The molecule has 0 heterocycles. The van der Waals surface area contributed by atoms with E-state index in [0.717, 1.165) is 37.7 Å². The highest BCUT2D eigenvalue weighted by atomic mass is 32.2. The van der Waals surface area contributed by atoms with Crippen molar-refractivity contribution in [1.29, 1.82) is 0 Å². The molecule has 0 aliphatic heterocycles. The molecule has 0 aliphatic carbocycles. The molecule has 1 atom stereocenters. The quantitative estimate of drug-likeness (QED) is 0.762. The van der Waals surface area contributed by atoms with Gasteiger partial charge in [-0.15, -0.1) is 0 Å². The van der Waals surface area contributed by atoms with Crippen LogP contribution in [-0.4, -0.2) is 13.0 Å². The molecule has 4 heteroatoms. The van der Waals surface area contributed by atoms with Crippen molar-refractivity contribution in [2.24, 2.45) is 0 Å². The molecule has 0 aliphatic rings. The van der Waals surface area contributed by atoms with Crippen LogP contribution in [0.1, 0.15) is 57.4 Å². The van der Waals surface area contributed by atoms with Gasteiger partial charge >= 0.3 is 0 Å². The Morgan fingerprint density at radius 2 is 1.78 bits per heavy atom. The average molecular weight is 270 g/mol. The number of unbranched alkanes of at least 4 members (excludes halogenated alkanes) is 1. The minimum Gasteiger partial charge on any atom is -0.282 e. The second-order valence-corrected chi connectivity index (χ2v) is 6.03. The van der Waals surface area contributed by atoms with Crippen LogP contribution in [0.15, 0.2) is 29.2 Å². The molecular formula is C14H22O3S. The lowest BCUT2D eigenvalue weighted by Crippen LogP contribution is -2.08. The number of rotatable bonds is 7. The first kappa shape index (κ1) is 15.2. The van der Waals surface area contributed by atoms with E-state index in [1.165, 1.54) is 6.07 Å². The summed E-state index contributed by atoms with van der Waals surface area (Å²) in [5, 5.41) is 0. The van der Waals surface area contributed by atoms with Crippen molar-refractivity contribution in [3.05, 3.63) is 29.8 Å². The molecule has 0 saturated heterocycles. The molecule has 1 aromatic rings. The Hall–Kier alpha value is -0.870. The highest BCUT2D eigenvalue weighted by molar-refractivity contribution is 7.85. The van der Waals surface area contributed by atoms with Crippen molar-refractivity contribution in [3.63, 3.8) is 0 Å². The van der Waals surface area contributed by atoms with Gasteiger partial charge < -0.3 is 0 Å². The SMILES string of the molecule is CCCCC(CCC)c1ccccc1S(=O)(=O)O. The lowest BCUT2D eigenvalue weighted by atomic mass is 9.90. The van der Waals surface area contributed by atoms with Crippen molar-refractivity contribution in [3.8, 4) is 0 Å². The van der Waals surface area contributed by atoms with Gasteiger partial charge in [0.05, 0.1) is 4.90 Å². The summed E-state index contributed by atoms with van der Waals surface area (Å²) >= 11 is 0. The first-order chi connectivity index (χ1) is 8.50. The van der Waals surface area contributed by atoms with Gasteiger partial charge in [-0.25, -0.2) is 0 Å². The van der Waals surface area contributed by atoms with Crippen LogP contribution in [-0.2, 0) is 10.1 Å². The Balaban J connectivity index is 3.11. The Labute approximate surface area is 110 Å². The Bertz CT molecular complexity index is 466. The molecule has 0 amide bonds. The van der Waals surface area contributed by atoms with E-state index in [1.807, 2.05) is 12.1 Å². The van der Waals surface area contributed by atoms with Crippen molar-refractivity contribution < 1.29 is 13.0 Å². The minimum absolute atomic E-state index is 0.0690. The molecular weight excluding hydrogens is 248 g/mol. The lowest BCUT2D eigenvalue weighted by Gasteiger charge is -2.18. The van der Waals surface area contributed by atoms with Crippen LogP contribution in [0.3, 0.4) is 0 Å². The first-order valence-corrected chi connectivity index (χ1v) is 8.01. The van der Waals surface area contributed by atoms with E-state index in [0.29, 0.717) is 0 Å². The molecule has 3 nitrogen and oxygen atoms in total. The Kier molecular flexibility index (Phi) is 5.82. The molecule has 0 aromatic heterocycles. The molecule has 1 unspecified atom stereocenters. The zero-order valence-corrected chi connectivity index (χ0v) is 11.9. The molecule has 1 N–H and O–H groups in total. The van der Waals surface area contributed by atoms with Gasteiger partial charge in [0.15, 0.2) is 0 Å². The number of hydrogen-bond donors (Lipinski definition) is 1. The second kappa shape index (κ2) is 6.90. The van der Waals surface area contributed by atoms with Crippen LogP contribution < -0.4 is 0 Å². The fourth-order valence-corrected chi connectivity index (χ4v) is 3.09. The molecule has 18 heavy (non-hydrogen) atoms. The highest BCUT2D eigenvalue weighted by Gasteiger charge is 2.20. The van der Waals surface area contributed by atoms with Crippen molar-refractivity contribution in [1.82, 2.24) is 0 Å². The van der Waals surface area contributed by atoms with E-state index in [1.54, 1.807) is 6.07 Å². The second-order valence-electron chi connectivity index (χ2n) is 4.64. The first-order valence-electron chi connectivity index (χ1n) is 6.57. The minimum atomic E-state index is -4.12. The predicted octanol–water partition coefficient (Wildman–Crippen LogP) is 4.01. The topological polar surface area (TPSA) is 54.4 Å². The summed E-state index contributed by atoms with van der Waals surface area (Å²) in [4.78, 5) is 0.0690. The third-order valence-electron chi connectivity index (χ3n) is 3.18. The van der Waals surface area contributed by atoms with Gasteiger partial charge in [-0.05, 0) is 30.4 Å². The molecule has 1 rings (SSSR count). The summed E-state index contributed by atoms with van der Waals surface area (Å²) < 4.78 is 32.1. The van der Waals surface area contributed by atoms with Gasteiger partial charge in [-0.1, -0.05) is 51.3 Å². The molecule has 0 saturated carbocycles. The summed E-state index contributed by atoms with van der Waals surface area (Å²) in [6, 6.07) is 6.78. The third kappa shape index (κ3) is 4.10. The van der Waals surface area contributed by atoms with Crippen LogP contribution in [0.2, 0.25) is 0 Å². The summed E-state index contributed by atoms with van der Waals surface area (Å²) in [5.74, 6) is 0.216. The van der Waals surface area contributed by atoms with E-state index >= 15 is 0 Å². The normalized spacial score (nSPS) is 13.5. The number of benzene rings is 1. The smallest absolute Gasteiger partial charge is 0.282 e. The lowest BCUT2D eigenvalue weighted by molar-refractivity contribution is 0.476. The predicted molar refractivity (Wildman–Crippen MR) is 73.4 cm³/mol. The Morgan fingerprint density at radius 1 is 1.11 bits per heavy atom. The highest BCUT2D eigenvalue weighted by Crippen LogP contribution is 2.31. The van der Waals surface area contributed by atoms with Crippen molar-refractivity contribution >= 4 is 10.1 Å². The van der Waals surface area contributed by atoms with E-state index in [-0.39, 0.29) is 10.8 Å². The third-order valence-corrected chi connectivity index (χ3v) is 4.11. The van der Waals surface area contributed by atoms with Crippen LogP contribution in [0.5, 0.6) is 0 Å². The maximum atomic E-state index is 11.4. The number of hydrogen-bond acceptors (Lipinski definition) is 2. The van der Waals surface area contributed by atoms with Gasteiger partial charge in [0.25, 0.3) is 10.1 Å². The molecule has 0 spiro atoms. The molecule has 102 valence electrons. The van der Waals surface area contributed by atoms with E-state index in [2.05, 4.69) is 13.8 Å². The molecule has 1 aromatic carbocycles. The van der Waals surface area contributed by atoms with E-state index in [9.17, 15) is 13.0 Å². The Morgan fingerprint density at radius 3 is 2.33 bits per heavy atom. The molecule has 0 fully saturated rings. The van der Waals surface area contributed by atoms with Gasteiger partial charge in [-0.2, -0.15) is 8.42 Å². The van der Waals surface area contributed by atoms with Gasteiger partial charge in [0, 0.05) is 0 Å². The average Bonchev–Trinajstić information content (AvgIpc) is 2.33. The van der Waals surface area contributed by atoms with Crippen molar-refractivity contribution in [2.75, 3.05) is 0 Å². The fraction of sp³-hybridized carbons (Fsp3) is 0.571. The summed E-state index contributed by atoms with van der Waals surface area (Å²) in [6.07, 6.45) is 5.09. The molecule has 0 radical (unpaired) electrons. The maximum absolute atomic E-state index is 11.4. The van der Waals surface area contributed by atoms with Crippen LogP contribution in [0, 0.1) is 0 Å². The summed E-state index contributed by atoms with van der Waals surface area (Å²) in [7, 11) is -4.12. The van der Waals surface area contributed by atoms with E-state index in [4.69, 9.17) is 0 Å². The van der Waals surface area contributed by atoms with Crippen LogP contribution in [0.4, 0.5) is 0 Å². The fourth-order valence-electron chi connectivity index (χ4n) is 2.31. The van der Waals surface area contributed by atoms with Crippen LogP contribution in [0.25, 0.3) is 0 Å². The van der Waals surface area contributed by atoms with Crippen LogP contribution >= 0.6 is 0 Å². The summed E-state index contributed by atoms with van der Waals surface area (Å²) in [6.45, 7) is 4.21. The summed E-state index contributed by atoms with van der Waals surface area (Å²) in [5.41, 5.74) is 0.760. The van der Waals surface area contributed by atoms with Crippen molar-refractivity contribution in [2.45, 2.75) is 56.8 Å². The maximum Gasteiger partial charge on any atom is 0.294 e. The molecule has 0 bridgehead atoms. The largest absolute Gasteiger partial charge is 0.294 e. The standard InChI is InChI=1S/C14H22O3S/c1-3-5-9-12(8-4-2)13-10-6-7-11-14(13)18(15,16)17/h6-7,10-12H,3-5,8-9H2,1-2H3,(H,15,16,17). The van der Waals surface area contributed by atoms with Gasteiger partial charge in [0.2, 0.25) is 0 Å². The van der Waals surface area contributed by atoms with E-state index < -0.39 is 10.1 Å².